The van der Waals surface area contributed by atoms with Crippen LogP contribution in [0, 0.1) is 5.92 Å². The Kier molecular flexibility index (Phi) is 6.11. The SMILES string of the molecule is O=P(O)(O)COCC1C[C@@H](n2nnc3c(NC4CCc5ccccc54)nc(Cl)nc32)C[C@@H]1O. The number of nitrogens with zero attached hydrogens (tertiary/aromatic N) is 5. The van der Waals surface area contributed by atoms with Crippen LogP contribution in [0.3, 0.4) is 0 Å². The van der Waals surface area contributed by atoms with Crippen LogP contribution in [0.15, 0.2) is 24.3 Å². The fraction of sp³-hybridized carbons (Fsp3) is 0.500. The summed E-state index contributed by atoms with van der Waals surface area (Å²) in [6.45, 7) is 0.0407. The minimum absolute atomic E-state index is 0.0407. The van der Waals surface area contributed by atoms with E-state index in [-0.39, 0.29) is 29.9 Å². The fourth-order valence-corrected chi connectivity index (χ4v) is 5.31. The van der Waals surface area contributed by atoms with Gasteiger partial charge in [0.25, 0.3) is 0 Å². The molecule has 0 radical (unpaired) electrons. The van der Waals surface area contributed by atoms with Crippen molar-refractivity contribution in [3.8, 4) is 0 Å². The summed E-state index contributed by atoms with van der Waals surface area (Å²) in [5.41, 5.74) is 3.50. The van der Waals surface area contributed by atoms with Crippen LogP contribution in [-0.2, 0) is 15.7 Å². The van der Waals surface area contributed by atoms with Gasteiger partial charge in [-0.2, -0.15) is 9.97 Å². The average Bonchev–Trinajstić information content (AvgIpc) is 3.45. The minimum Gasteiger partial charge on any atom is -0.393 e. The zero-order chi connectivity index (χ0) is 23.2. The molecular formula is C20H24ClN6O5P. The summed E-state index contributed by atoms with van der Waals surface area (Å²) in [5, 5.41) is 22.5. The van der Waals surface area contributed by atoms with E-state index in [9.17, 15) is 9.67 Å². The number of aliphatic hydroxyl groups excluding tert-OH is 1. The molecule has 2 unspecified atom stereocenters. The van der Waals surface area contributed by atoms with Gasteiger partial charge in [-0.15, -0.1) is 5.10 Å². The Morgan fingerprint density at radius 2 is 2.06 bits per heavy atom. The van der Waals surface area contributed by atoms with E-state index in [0.717, 1.165) is 12.8 Å². The van der Waals surface area contributed by atoms with E-state index in [1.165, 1.54) is 11.1 Å². The Morgan fingerprint density at radius 3 is 2.88 bits per heavy atom. The van der Waals surface area contributed by atoms with Crippen LogP contribution < -0.4 is 5.32 Å². The number of nitrogens with one attached hydrogen (secondary N) is 1. The quantitative estimate of drug-likeness (QED) is 0.284. The van der Waals surface area contributed by atoms with E-state index in [4.69, 9.17) is 26.1 Å². The van der Waals surface area contributed by atoms with Crippen molar-refractivity contribution >= 4 is 36.2 Å². The number of rotatable bonds is 7. The second-order valence-electron chi connectivity index (χ2n) is 8.60. The lowest BCUT2D eigenvalue weighted by Gasteiger charge is -2.15. The molecule has 2 aromatic heterocycles. The molecule has 33 heavy (non-hydrogen) atoms. The molecule has 1 fully saturated rings. The van der Waals surface area contributed by atoms with Crippen molar-refractivity contribution in [2.45, 2.75) is 43.9 Å². The number of hydrogen-bond acceptors (Lipinski definition) is 8. The lowest BCUT2D eigenvalue weighted by atomic mass is 10.1. The Morgan fingerprint density at radius 1 is 1.24 bits per heavy atom. The van der Waals surface area contributed by atoms with Crippen LogP contribution in [0.4, 0.5) is 5.82 Å². The Hall–Kier alpha value is -2.14. The molecule has 5 rings (SSSR count). The molecule has 1 aromatic carbocycles. The highest BCUT2D eigenvalue weighted by Gasteiger charge is 2.36. The smallest absolute Gasteiger partial charge is 0.350 e. The Balaban J connectivity index is 1.36. The zero-order valence-electron chi connectivity index (χ0n) is 17.6. The van der Waals surface area contributed by atoms with Crippen molar-refractivity contribution in [2.24, 2.45) is 5.92 Å². The van der Waals surface area contributed by atoms with Crippen LogP contribution in [0.2, 0.25) is 5.28 Å². The second kappa shape index (κ2) is 8.90. The number of hydrogen-bond donors (Lipinski definition) is 4. The third kappa shape index (κ3) is 4.75. The molecule has 4 N–H and O–H groups in total. The van der Waals surface area contributed by atoms with E-state index in [1.54, 1.807) is 4.68 Å². The predicted octanol–water partition coefficient (Wildman–Crippen LogP) is 2.44. The van der Waals surface area contributed by atoms with Gasteiger partial charge in [0, 0.05) is 5.92 Å². The van der Waals surface area contributed by atoms with E-state index >= 15 is 0 Å². The molecule has 176 valence electrons. The standard InChI is InChI=1S/C20H24ClN6O5P/c21-20-23-18(22-15-6-5-11-3-1-2-4-14(11)15)17-19(24-20)27(26-25-17)13-7-12(16(28)8-13)9-32-10-33(29,30)31/h1-4,12-13,15-16,28H,5-10H2,(H,22,23,24)(H2,29,30,31)/t12?,13-,15?,16+/m1/s1. The maximum Gasteiger partial charge on any atom is 0.350 e. The summed E-state index contributed by atoms with van der Waals surface area (Å²) in [5.74, 6) is 0.226. The normalized spacial score (nSPS) is 25.0. The molecule has 11 nitrogen and oxygen atoms in total. The number of aromatic nitrogens is 5. The van der Waals surface area contributed by atoms with Crippen LogP contribution in [-0.4, -0.2) is 58.9 Å². The molecule has 1 saturated carbocycles. The zero-order valence-corrected chi connectivity index (χ0v) is 19.2. The number of anilines is 1. The number of fused-ring (bicyclic) bond motifs is 2. The molecule has 4 atom stereocenters. The first-order valence-corrected chi connectivity index (χ1v) is 12.9. The van der Waals surface area contributed by atoms with Crippen LogP contribution in [0.5, 0.6) is 0 Å². The monoisotopic (exact) mass is 494 g/mol. The summed E-state index contributed by atoms with van der Waals surface area (Å²) in [4.78, 5) is 26.6. The largest absolute Gasteiger partial charge is 0.393 e. The number of aryl methyl sites for hydroxylation is 1. The number of aliphatic hydroxyl groups is 1. The highest BCUT2D eigenvalue weighted by molar-refractivity contribution is 7.51. The first-order valence-electron chi connectivity index (χ1n) is 10.7. The number of ether oxygens (including phenoxy) is 1. The van der Waals surface area contributed by atoms with Gasteiger partial charge >= 0.3 is 7.60 Å². The highest BCUT2D eigenvalue weighted by atomic mass is 35.5. The third-order valence-corrected chi connectivity index (χ3v) is 7.00. The van der Waals surface area contributed by atoms with Crippen molar-refractivity contribution in [2.75, 3.05) is 18.3 Å². The van der Waals surface area contributed by atoms with Crippen LogP contribution >= 0.6 is 19.2 Å². The van der Waals surface area contributed by atoms with Gasteiger partial charge in [0.05, 0.1) is 24.8 Å². The summed E-state index contributed by atoms with van der Waals surface area (Å²) in [6, 6.07) is 8.16. The third-order valence-electron chi connectivity index (χ3n) is 6.31. The predicted molar refractivity (Wildman–Crippen MR) is 120 cm³/mol. The van der Waals surface area contributed by atoms with Gasteiger partial charge in [0.2, 0.25) is 5.28 Å². The van der Waals surface area contributed by atoms with E-state index < -0.39 is 20.0 Å². The summed E-state index contributed by atoms with van der Waals surface area (Å²) >= 11 is 6.24. The lowest BCUT2D eigenvalue weighted by Crippen LogP contribution is -2.19. The van der Waals surface area contributed by atoms with Crippen molar-refractivity contribution in [1.29, 1.82) is 0 Å². The number of halogens is 1. The maximum absolute atomic E-state index is 11.0. The van der Waals surface area contributed by atoms with Crippen molar-refractivity contribution in [1.82, 2.24) is 25.0 Å². The molecule has 2 aliphatic carbocycles. The molecule has 0 aliphatic heterocycles. The van der Waals surface area contributed by atoms with Gasteiger partial charge in [-0.05, 0) is 48.4 Å². The molecule has 2 aliphatic rings. The Bertz CT molecular complexity index is 1220. The van der Waals surface area contributed by atoms with Crippen molar-refractivity contribution < 1.29 is 24.2 Å². The van der Waals surface area contributed by atoms with Gasteiger partial charge in [-0.1, -0.05) is 29.5 Å². The molecule has 0 spiro atoms. The summed E-state index contributed by atoms with van der Waals surface area (Å²) in [6.07, 6.45) is 1.44. The molecule has 3 aromatic rings. The van der Waals surface area contributed by atoms with Crippen LogP contribution in [0.1, 0.15) is 42.5 Å². The van der Waals surface area contributed by atoms with E-state index in [2.05, 4.69) is 37.7 Å². The first kappa shape index (κ1) is 22.6. The summed E-state index contributed by atoms with van der Waals surface area (Å²) in [7, 11) is -4.25. The molecule has 2 heterocycles. The van der Waals surface area contributed by atoms with Crippen molar-refractivity contribution in [3.05, 3.63) is 40.7 Å². The fourth-order valence-electron chi connectivity index (χ4n) is 4.80. The highest BCUT2D eigenvalue weighted by Crippen LogP contribution is 2.39. The second-order valence-corrected chi connectivity index (χ2v) is 10.5. The minimum atomic E-state index is -4.25. The molecule has 13 heteroatoms. The topological polar surface area (TPSA) is 156 Å². The van der Waals surface area contributed by atoms with Gasteiger partial charge in [0.1, 0.15) is 6.35 Å². The van der Waals surface area contributed by atoms with Gasteiger partial charge in [0.15, 0.2) is 17.0 Å². The number of benzene rings is 1. The van der Waals surface area contributed by atoms with Gasteiger partial charge in [-0.25, -0.2) is 4.68 Å². The molecule has 0 saturated heterocycles. The van der Waals surface area contributed by atoms with E-state index in [1.807, 2.05) is 12.1 Å². The van der Waals surface area contributed by atoms with Gasteiger partial charge in [-0.3, -0.25) is 4.57 Å². The molecule has 0 bridgehead atoms. The average molecular weight is 495 g/mol. The molecular weight excluding hydrogens is 471 g/mol. The van der Waals surface area contributed by atoms with Gasteiger partial charge < -0.3 is 24.9 Å². The van der Waals surface area contributed by atoms with Crippen LogP contribution in [0.25, 0.3) is 11.2 Å². The first-order chi connectivity index (χ1) is 15.8. The summed E-state index contributed by atoms with van der Waals surface area (Å²) < 4.78 is 17.8. The maximum atomic E-state index is 11.0. The lowest BCUT2D eigenvalue weighted by molar-refractivity contribution is 0.0561. The van der Waals surface area contributed by atoms with E-state index in [0.29, 0.717) is 29.8 Å². The Labute approximate surface area is 194 Å². The van der Waals surface area contributed by atoms with Crippen molar-refractivity contribution in [3.63, 3.8) is 0 Å². The molecule has 0 amide bonds.